The number of fused-ring (bicyclic) bond motifs is 1. The molecule has 0 saturated heterocycles. The Bertz CT molecular complexity index is 991. The first kappa shape index (κ1) is 18.3. The predicted octanol–water partition coefficient (Wildman–Crippen LogP) is 3.12. The number of nitrogens with zero attached hydrogens (tertiary/aromatic N) is 4. The van der Waals surface area contributed by atoms with Crippen LogP contribution in [0.4, 0.5) is 0 Å². The van der Waals surface area contributed by atoms with E-state index in [2.05, 4.69) is 10.2 Å². The number of hydrogen-bond acceptors (Lipinski definition) is 5. The molecule has 1 N–H and O–H groups in total. The maximum absolute atomic E-state index is 12.7. The Hall–Kier alpha value is -3.06. The molecule has 8 heteroatoms. The van der Waals surface area contributed by atoms with Crippen molar-refractivity contribution in [1.29, 1.82) is 0 Å². The molecule has 3 aromatic rings. The van der Waals surface area contributed by atoms with Crippen LogP contribution in [-0.4, -0.2) is 43.8 Å². The fraction of sp³-hybridized carbons (Fsp3) is 0.250. The van der Waals surface area contributed by atoms with E-state index >= 15 is 0 Å². The predicted molar refractivity (Wildman–Crippen MR) is 104 cm³/mol. The van der Waals surface area contributed by atoms with Crippen LogP contribution in [0.15, 0.2) is 49.1 Å². The van der Waals surface area contributed by atoms with Gasteiger partial charge < -0.3 is 19.3 Å². The topological polar surface area (TPSA) is 80.5 Å². The zero-order valence-corrected chi connectivity index (χ0v) is 15.8. The SMILES string of the molecule is O=C(CCn1cnnc1)N1CCOc2c(O)cc(-c3cccc(Cl)c3)cc2C1. The molecule has 28 heavy (non-hydrogen) atoms. The number of aromatic hydroxyl groups is 1. The number of hydrogen-bond donors (Lipinski definition) is 1. The molecule has 4 rings (SSSR count). The van der Waals surface area contributed by atoms with E-state index in [1.165, 1.54) is 0 Å². The number of rotatable bonds is 4. The summed E-state index contributed by atoms with van der Waals surface area (Å²) in [7, 11) is 0. The van der Waals surface area contributed by atoms with Crippen LogP contribution in [0.1, 0.15) is 12.0 Å². The zero-order valence-electron chi connectivity index (χ0n) is 15.1. The Labute approximate surface area is 167 Å². The summed E-state index contributed by atoms with van der Waals surface area (Å²) in [5, 5.41) is 18.6. The van der Waals surface area contributed by atoms with Gasteiger partial charge in [-0.1, -0.05) is 23.7 Å². The minimum absolute atomic E-state index is 0.0119. The summed E-state index contributed by atoms with van der Waals surface area (Å²) >= 11 is 6.09. The molecule has 0 bridgehead atoms. The largest absolute Gasteiger partial charge is 0.504 e. The minimum Gasteiger partial charge on any atom is -0.504 e. The van der Waals surface area contributed by atoms with Crippen LogP contribution < -0.4 is 4.74 Å². The highest BCUT2D eigenvalue weighted by molar-refractivity contribution is 6.30. The molecule has 144 valence electrons. The molecule has 0 radical (unpaired) electrons. The van der Waals surface area contributed by atoms with Gasteiger partial charge in [-0.3, -0.25) is 4.79 Å². The summed E-state index contributed by atoms with van der Waals surface area (Å²) in [4.78, 5) is 14.4. The summed E-state index contributed by atoms with van der Waals surface area (Å²) in [6, 6.07) is 11.0. The van der Waals surface area contributed by atoms with Crippen molar-refractivity contribution in [3.8, 4) is 22.6 Å². The average Bonchev–Trinajstić information content (AvgIpc) is 3.11. The molecule has 0 saturated carbocycles. The van der Waals surface area contributed by atoms with E-state index in [0.717, 1.165) is 16.7 Å². The molecule has 0 spiro atoms. The second kappa shape index (κ2) is 7.90. The van der Waals surface area contributed by atoms with Crippen molar-refractivity contribution in [2.45, 2.75) is 19.5 Å². The third-order valence-corrected chi connectivity index (χ3v) is 4.91. The quantitative estimate of drug-likeness (QED) is 0.730. The van der Waals surface area contributed by atoms with Gasteiger partial charge in [0.2, 0.25) is 5.91 Å². The molecule has 2 heterocycles. The number of aromatic nitrogens is 3. The van der Waals surface area contributed by atoms with Gasteiger partial charge in [0, 0.05) is 30.1 Å². The standard InChI is InChI=1S/C20H19ClN4O3/c21-17-3-1-2-14(9-17)15-8-16-11-25(6-7-28-20(16)18(26)10-15)19(27)4-5-24-12-22-23-13-24/h1-3,8-10,12-13,26H,4-7,11H2. The molecule has 1 aromatic heterocycles. The second-order valence-electron chi connectivity index (χ2n) is 6.61. The number of phenolic OH excluding ortho intramolecular Hbond substituents is 1. The molecular formula is C20H19ClN4O3. The van der Waals surface area contributed by atoms with Gasteiger partial charge in [0.05, 0.1) is 6.54 Å². The van der Waals surface area contributed by atoms with E-state index in [9.17, 15) is 9.90 Å². The molecule has 0 atom stereocenters. The van der Waals surface area contributed by atoms with Crippen LogP contribution in [0.25, 0.3) is 11.1 Å². The fourth-order valence-electron chi connectivity index (χ4n) is 3.27. The average molecular weight is 399 g/mol. The smallest absolute Gasteiger partial charge is 0.224 e. The summed E-state index contributed by atoms with van der Waals surface area (Å²) in [6.07, 6.45) is 3.51. The summed E-state index contributed by atoms with van der Waals surface area (Å²) in [5.41, 5.74) is 2.48. The normalized spacial score (nSPS) is 13.5. The van der Waals surface area contributed by atoms with Crippen LogP contribution in [0, 0.1) is 0 Å². The maximum atomic E-state index is 12.7. The first-order chi connectivity index (χ1) is 13.6. The summed E-state index contributed by atoms with van der Waals surface area (Å²) in [6.45, 7) is 1.68. The van der Waals surface area contributed by atoms with Crippen molar-refractivity contribution in [1.82, 2.24) is 19.7 Å². The van der Waals surface area contributed by atoms with Gasteiger partial charge in [0.15, 0.2) is 11.5 Å². The Morgan fingerprint density at radius 3 is 2.79 bits per heavy atom. The monoisotopic (exact) mass is 398 g/mol. The van der Waals surface area contributed by atoms with Crippen LogP contribution in [0.3, 0.4) is 0 Å². The summed E-state index contributed by atoms with van der Waals surface area (Å²) in [5.74, 6) is 0.504. The Kier molecular flexibility index (Phi) is 5.16. The van der Waals surface area contributed by atoms with Gasteiger partial charge in [-0.2, -0.15) is 0 Å². The Morgan fingerprint density at radius 2 is 2.00 bits per heavy atom. The van der Waals surface area contributed by atoms with E-state index in [0.29, 0.717) is 43.4 Å². The van der Waals surface area contributed by atoms with Crippen molar-refractivity contribution >= 4 is 17.5 Å². The van der Waals surface area contributed by atoms with Crippen LogP contribution in [-0.2, 0) is 17.9 Å². The molecule has 1 amide bonds. The molecular weight excluding hydrogens is 380 g/mol. The molecule has 2 aromatic carbocycles. The highest BCUT2D eigenvalue weighted by atomic mass is 35.5. The van der Waals surface area contributed by atoms with E-state index in [4.69, 9.17) is 16.3 Å². The molecule has 0 aliphatic carbocycles. The number of carbonyl (C=O) groups excluding carboxylic acids is 1. The van der Waals surface area contributed by atoms with E-state index in [1.807, 2.05) is 24.3 Å². The van der Waals surface area contributed by atoms with Crippen molar-refractivity contribution < 1.29 is 14.6 Å². The van der Waals surface area contributed by atoms with Crippen molar-refractivity contribution in [3.63, 3.8) is 0 Å². The number of phenols is 1. The highest BCUT2D eigenvalue weighted by Gasteiger charge is 2.22. The van der Waals surface area contributed by atoms with Gasteiger partial charge >= 0.3 is 0 Å². The molecule has 0 fully saturated rings. The molecule has 1 aliphatic heterocycles. The van der Waals surface area contributed by atoms with Crippen LogP contribution in [0.2, 0.25) is 5.02 Å². The molecule has 1 aliphatic rings. The number of aryl methyl sites for hydroxylation is 1. The lowest BCUT2D eigenvalue weighted by Crippen LogP contribution is -2.32. The number of carbonyl (C=O) groups is 1. The molecule has 0 unspecified atom stereocenters. The first-order valence-corrected chi connectivity index (χ1v) is 9.33. The lowest BCUT2D eigenvalue weighted by atomic mass is 10.0. The second-order valence-corrected chi connectivity index (χ2v) is 7.04. The van der Waals surface area contributed by atoms with E-state index in [1.54, 1.807) is 34.3 Å². The van der Waals surface area contributed by atoms with Crippen molar-refractivity contribution in [3.05, 3.63) is 59.6 Å². The number of halogens is 1. The Balaban J connectivity index is 1.56. The Morgan fingerprint density at radius 1 is 1.18 bits per heavy atom. The van der Waals surface area contributed by atoms with Gasteiger partial charge in [-0.05, 0) is 35.4 Å². The van der Waals surface area contributed by atoms with Crippen molar-refractivity contribution in [2.24, 2.45) is 0 Å². The number of ether oxygens (including phenoxy) is 1. The minimum atomic E-state index is 0.0119. The van der Waals surface area contributed by atoms with Gasteiger partial charge in [-0.25, -0.2) is 0 Å². The van der Waals surface area contributed by atoms with Gasteiger partial charge in [0.25, 0.3) is 0 Å². The lowest BCUT2D eigenvalue weighted by Gasteiger charge is -2.20. The third-order valence-electron chi connectivity index (χ3n) is 4.68. The lowest BCUT2D eigenvalue weighted by molar-refractivity contribution is -0.132. The van der Waals surface area contributed by atoms with E-state index in [-0.39, 0.29) is 11.7 Å². The van der Waals surface area contributed by atoms with Crippen LogP contribution >= 0.6 is 11.6 Å². The van der Waals surface area contributed by atoms with E-state index < -0.39 is 0 Å². The van der Waals surface area contributed by atoms with Crippen LogP contribution in [0.5, 0.6) is 11.5 Å². The number of benzene rings is 2. The van der Waals surface area contributed by atoms with Gasteiger partial charge in [-0.15, -0.1) is 10.2 Å². The fourth-order valence-corrected chi connectivity index (χ4v) is 3.46. The molecule has 7 nitrogen and oxygen atoms in total. The highest BCUT2D eigenvalue weighted by Crippen LogP contribution is 2.38. The third kappa shape index (κ3) is 3.94. The van der Waals surface area contributed by atoms with Gasteiger partial charge in [0.1, 0.15) is 19.3 Å². The first-order valence-electron chi connectivity index (χ1n) is 8.95. The zero-order chi connectivity index (χ0) is 19.5. The maximum Gasteiger partial charge on any atom is 0.224 e. The summed E-state index contributed by atoms with van der Waals surface area (Å²) < 4.78 is 7.50. The number of amides is 1. The van der Waals surface area contributed by atoms with Crippen molar-refractivity contribution in [2.75, 3.05) is 13.2 Å².